The minimum Gasteiger partial charge on any atom is -0.497 e. The summed E-state index contributed by atoms with van der Waals surface area (Å²) in [7, 11) is -0.131. The van der Waals surface area contributed by atoms with Crippen LogP contribution in [0.25, 0.3) is 0 Å². The van der Waals surface area contributed by atoms with E-state index in [1.807, 2.05) is 6.92 Å². The third kappa shape index (κ3) is 5.72. The SMILES string of the molecule is COC(=O)c1ccccc1NC(=O)CN(c1cc(OC)ccc1OC)S(=O)(=O)c1ccc(C)cc1. The Hall–Kier alpha value is -4.05. The number of esters is 1. The Morgan fingerprint density at radius 3 is 2.23 bits per heavy atom. The molecule has 35 heavy (non-hydrogen) atoms. The zero-order valence-electron chi connectivity index (χ0n) is 19.8. The molecule has 184 valence electrons. The highest BCUT2D eigenvalue weighted by molar-refractivity contribution is 7.92. The molecule has 0 aliphatic carbocycles. The summed E-state index contributed by atoms with van der Waals surface area (Å²) in [4.78, 5) is 25.2. The third-order valence-corrected chi connectivity index (χ3v) is 6.93. The van der Waals surface area contributed by atoms with E-state index in [9.17, 15) is 18.0 Å². The molecule has 1 N–H and O–H groups in total. The van der Waals surface area contributed by atoms with E-state index in [1.54, 1.807) is 36.4 Å². The number of amides is 1. The Kier molecular flexibility index (Phi) is 7.98. The highest BCUT2D eigenvalue weighted by Crippen LogP contribution is 2.35. The van der Waals surface area contributed by atoms with Crippen molar-refractivity contribution in [2.24, 2.45) is 0 Å². The molecular formula is C25H26N2O7S. The van der Waals surface area contributed by atoms with Gasteiger partial charge in [-0.2, -0.15) is 0 Å². The molecule has 0 aliphatic rings. The average Bonchev–Trinajstić information content (AvgIpc) is 2.87. The quantitative estimate of drug-likeness (QED) is 0.449. The average molecular weight is 499 g/mol. The van der Waals surface area contributed by atoms with Gasteiger partial charge in [-0.15, -0.1) is 0 Å². The maximum atomic E-state index is 13.7. The van der Waals surface area contributed by atoms with Gasteiger partial charge in [-0.05, 0) is 43.3 Å². The second kappa shape index (κ2) is 10.9. The van der Waals surface area contributed by atoms with Crippen LogP contribution in [0.3, 0.4) is 0 Å². The Morgan fingerprint density at radius 1 is 0.914 bits per heavy atom. The smallest absolute Gasteiger partial charge is 0.339 e. The second-order valence-electron chi connectivity index (χ2n) is 7.45. The molecule has 0 fully saturated rings. The molecule has 0 aromatic heterocycles. The molecule has 0 radical (unpaired) electrons. The topological polar surface area (TPSA) is 111 Å². The van der Waals surface area contributed by atoms with Gasteiger partial charge >= 0.3 is 5.97 Å². The van der Waals surface area contributed by atoms with Crippen LogP contribution in [0.4, 0.5) is 11.4 Å². The van der Waals surface area contributed by atoms with Crippen molar-refractivity contribution in [3.63, 3.8) is 0 Å². The molecule has 3 aromatic carbocycles. The van der Waals surface area contributed by atoms with Gasteiger partial charge in [0.15, 0.2) is 0 Å². The number of nitrogens with zero attached hydrogens (tertiary/aromatic N) is 1. The summed E-state index contributed by atoms with van der Waals surface area (Å²) in [6.07, 6.45) is 0. The van der Waals surface area contributed by atoms with Crippen molar-refractivity contribution in [3.05, 3.63) is 77.9 Å². The van der Waals surface area contributed by atoms with E-state index in [2.05, 4.69) is 5.32 Å². The van der Waals surface area contributed by atoms with Crippen molar-refractivity contribution in [2.45, 2.75) is 11.8 Å². The first-order valence-electron chi connectivity index (χ1n) is 10.5. The summed E-state index contributed by atoms with van der Waals surface area (Å²) < 4.78 is 43.7. The van der Waals surface area contributed by atoms with E-state index in [1.165, 1.54) is 51.7 Å². The number of sulfonamides is 1. The summed E-state index contributed by atoms with van der Waals surface area (Å²) in [6, 6.07) is 17.2. The molecular weight excluding hydrogens is 472 g/mol. The second-order valence-corrected chi connectivity index (χ2v) is 9.31. The summed E-state index contributed by atoms with van der Waals surface area (Å²) in [5, 5.41) is 2.61. The number of ether oxygens (including phenoxy) is 3. The van der Waals surface area contributed by atoms with Crippen LogP contribution in [0.1, 0.15) is 15.9 Å². The summed E-state index contributed by atoms with van der Waals surface area (Å²) in [5.41, 5.74) is 1.32. The Balaban J connectivity index is 2.06. The normalized spacial score (nSPS) is 10.9. The van der Waals surface area contributed by atoms with Gasteiger partial charge in [-0.1, -0.05) is 29.8 Å². The zero-order valence-corrected chi connectivity index (χ0v) is 20.6. The van der Waals surface area contributed by atoms with Gasteiger partial charge in [0.2, 0.25) is 5.91 Å². The summed E-state index contributed by atoms with van der Waals surface area (Å²) >= 11 is 0. The van der Waals surface area contributed by atoms with E-state index in [-0.39, 0.29) is 27.6 Å². The molecule has 0 bridgehead atoms. The van der Waals surface area contributed by atoms with Crippen LogP contribution in [-0.2, 0) is 19.6 Å². The number of hydrogen-bond donors (Lipinski definition) is 1. The molecule has 0 unspecified atom stereocenters. The van der Waals surface area contributed by atoms with E-state index < -0.39 is 28.4 Å². The first-order chi connectivity index (χ1) is 16.7. The van der Waals surface area contributed by atoms with Crippen molar-refractivity contribution >= 4 is 33.3 Å². The fourth-order valence-corrected chi connectivity index (χ4v) is 4.75. The molecule has 0 heterocycles. The van der Waals surface area contributed by atoms with Crippen molar-refractivity contribution in [2.75, 3.05) is 37.5 Å². The Bertz CT molecular complexity index is 1320. The molecule has 1 amide bonds. The fraction of sp³-hybridized carbons (Fsp3) is 0.200. The zero-order chi connectivity index (χ0) is 25.6. The lowest BCUT2D eigenvalue weighted by molar-refractivity contribution is -0.114. The molecule has 10 heteroatoms. The van der Waals surface area contributed by atoms with E-state index in [4.69, 9.17) is 14.2 Å². The lowest BCUT2D eigenvalue weighted by Crippen LogP contribution is -2.38. The van der Waals surface area contributed by atoms with E-state index in [0.717, 1.165) is 9.87 Å². The number of rotatable bonds is 9. The van der Waals surface area contributed by atoms with Gasteiger partial charge in [0.05, 0.1) is 43.2 Å². The van der Waals surface area contributed by atoms with Crippen molar-refractivity contribution in [1.82, 2.24) is 0 Å². The number of para-hydroxylation sites is 1. The maximum Gasteiger partial charge on any atom is 0.339 e. The van der Waals surface area contributed by atoms with Crippen LogP contribution in [0.15, 0.2) is 71.6 Å². The largest absolute Gasteiger partial charge is 0.497 e. The van der Waals surface area contributed by atoms with Gasteiger partial charge in [0.1, 0.15) is 18.0 Å². The number of carbonyl (C=O) groups is 2. The van der Waals surface area contributed by atoms with E-state index >= 15 is 0 Å². The van der Waals surface area contributed by atoms with Crippen molar-refractivity contribution < 1.29 is 32.2 Å². The number of hydrogen-bond acceptors (Lipinski definition) is 7. The molecule has 3 aromatic rings. The molecule has 0 saturated heterocycles. The highest BCUT2D eigenvalue weighted by atomic mass is 32.2. The lowest BCUT2D eigenvalue weighted by Gasteiger charge is -2.26. The Morgan fingerprint density at radius 2 is 1.60 bits per heavy atom. The third-order valence-electron chi connectivity index (χ3n) is 5.16. The van der Waals surface area contributed by atoms with Gasteiger partial charge in [0.25, 0.3) is 10.0 Å². The maximum absolute atomic E-state index is 13.7. The minimum absolute atomic E-state index is 0.00395. The fourth-order valence-electron chi connectivity index (χ4n) is 3.33. The first-order valence-corrected chi connectivity index (χ1v) is 11.9. The van der Waals surface area contributed by atoms with Crippen LogP contribution < -0.4 is 19.1 Å². The predicted molar refractivity (Wildman–Crippen MR) is 132 cm³/mol. The number of benzene rings is 3. The van der Waals surface area contributed by atoms with Crippen LogP contribution in [0.2, 0.25) is 0 Å². The van der Waals surface area contributed by atoms with Crippen LogP contribution in [-0.4, -0.2) is 48.2 Å². The number of nitrogens with one attached hydrogen (secondary N) is 1. The van der Waals surface area contributed by atoms with E-state index in [0.29, 0.717) is 5.75 Å². The van der Waals surface area contributed by atoms with Gasteiger partial charge < -0.3 is 19.5 Å². The summed E-state index contributed by atoms with van der Waals surface area (Å²) in [6.45, 7) is 1.24. The lowest BCUT2D eigenvalue weighted by atomic mass is 10.2. The van der Waals surface area contributed by atoms with Crippen molar-refractivity contribution in [1.29, 1.82) is 0 Å². The first kappa shape index (κ1) is 25.6. The molecule has 0 aliphatic heterocycles. The molecule has 9 nitrogen and oxygen atoms in total. The van der Waals surface area contributed by atoms with Gasteiger partial charge in [0, 0.05) is 6.07 Å². The molecule has 3 rings (SSSR count). The Labute approximate surface area is 204 Å². The molecule has 0 spiro atoms. The number of carbonyl (C=O) groups excluding carboxylic acids is 2. The van der Waals surface area contributed by atoms with Crippen LogP contribution in [0.5, 0.6) is 11.5 Å². The molecule has 0 atom stereocenters. The number of aryl methyl sites for hydroxylation is 1. The molecule has 0 saturated carbocycles. The standard InChI is InChI=1S/C25H26N2O7S/c1-17-9-12-19(13-10-17)35(30,31)27(22-15-18(32-2)11-14-23(22)33-3)16-24(28)26-21-8-6-5-7-20(21)25(29)34-4/h5-15H,16H2,1-4H3,(H,26,28). The van der Waals surface area contributed by atoms with Crippen molar-refractivity contribution in [3.8, 4) is 11.5 Å². The highest BCUT2D eigenvalue weighted by Gasteiger charge is 2.30. The van der Waals surface area contributed by atoms with Gasteiger partial charge in [-0.25, -0.2) is 13.2 Å². The van der Waals surface area contributed by atoms with Crippen LogP contribution >= 0.6 is 0 Å². The predicted octanol–water partition coefficient (Wildman–Crippen LogP) is 3.63. The van der Waals surface area contributed by atoms with Crippen LogP contribution in [0, 0.1) is 6.92 Å². The monoisotopic (exact) mass is 498 g/mol. The van der Waals surface area contributed by atoms with Gasteiger partial charge in [-0.3, -0.25) is 9.10 Å². The number of methoxy groups -OCH3 is 3. The number of anilines is 2. The summed E-state index contributed by atoms with van der Waals surface area (Å²) in [5.74, 6) is -0.716. The minimum atomic E-state index is -4.20.